The van der Waals surface area contributed by atoms with E-state index >= 15 is 0 Å². The largest absolute Gasteiger partial charge is 0.147 e. The van der Waals surface area contributed by atoms with Gasteiger partial charge in [-0.25, -0.2) is 0 Å². The molecule has 0 aliphatic heterocycles. The molecule has 0 nitrogen and oxygen atoms in total. The third-order valence-corrected chi connectivity index (χ3v) is 25.9. The maximum atomic E-state index is 2.69. The summed E-state index contributed by atoms with van der Waals surface area (Å²) in [5.74, 6) is 0. The predicted octanol–water partition coefficient (Wildman–Crippen LogP) is 8.91. The van der Waals surface area contributed by atoms with Gasteiger partial charge in [-0.15, -0.1) is 24.8 Å². The van der Waals surface area contributed by atoms with Gasteiger partial charge >= 0.3 is 201 Å². The zero-order valence-corrected chi connectivity index (χ0v) is 26.0. The fourth-order valence-electron chi connectivity index (χ4n) is 6.76. The van der Waals surface area contributed by atoms with Crippen LogP contribution in [0.4, 0.5) is 0 Å². The first kappa shape index (κ1) is 26.4. The maximum Gasteiger partial charge on any atom is -0.147 e. The molecule has 4 heteroatoms. The van der Waals surface area contributed by atoms with Crippen LogP contribution in [0.25, 0.3) is 34.1 Å². The van der Waals surface area contributed by atoms with E-state index in [1.165, 1.54) is 33.0 Å². The molecule has 2 aliphatic carbocycles. The van der Waals surface area contributed by atoms with Crippen LogP contribution in [0.2, 0.25) is 9.26 Å². The van der Waals surface area contributed by atoms with Crippen molar-refractivity contribution >= 4 is 54.6 Å². The molecular formula is C31H32Cl2SiZr. The number of rotatable bonds is 3. The molecule has 0 saturated carbocycles. The van der Waals surface area contributed by atoms with E-state index in [-0.39, 0.29) is 24.8 Å². The molecule has 6 rings (SSSR count). The number of halogens is 2. The van der Waals surface area contributed by atoms with Crippen molar-refractivity contribution < 1.29 is 17.4 Å². The van der Waals surface area contributed by atoms with E-state index in [4.69, 9.17) is 0 Å². The molecule has 2 unspecified atom stereocenters. The van der Waals surface area contributed by atoms with Crippen LogP contribution in [0.15, 0.2) is 96.6 Å². The van der Waals surface area contributed by atoms with Crippen molar-refractivity contribution in [1.29, 1.82) is 0 Å². The molecule has 0 saturated heterocycles. The van der Waals surface area contributed by atoms with E-state index in [0.717, 1.165) is 0 Å². The Morgan fingerprint density at radius 1 is 0.714 bits per heavy atom. The van der Waals surface area contributed by atoms with E-state index in [1.54, 1.807) is 16.7 Å². The van der Waals surface area contributed by atoms with Crippen LogP contribution in [0, 0.1) is 0 Å². The normalized spacial score (nSPS) is 18.3. The molecule has 4 aromatic carbocycles. The molecule has 0 spiro atoms. The minimum Gasteiger partial charge on any atom is -0.147 e. The van der Waals surface area contributed by atoms with Gasteiger partial charge in [0.2, 0.25) is 0 Å². The fraction of sp³-hybridized carbons (Fsp3) is 0.161. The van der Waals surface area contributed by atoms with Crippen LogP contribution >= 0.6 is 24.8 Å². The summed E-state index contributed by atoms with van der Waals surface area (Å²) < 4.78 is 6.54. The standard InChI is InChI=1S/C20H15.C9H7.2CH3.2ClH.H2Si.Zr/c1-14-12-16-8-5-11-19(20(16)13-14)18-10-4-7-15-6-2-3-9-17(15)18;1-2-5-9-7-3-6-8(9)4-1;;;;;;/h2-13H,1H3;1-7H;2*1H3;2*1H;1H2;. The van der Waals surface area contributed by atoms with Gasteiger partial charge in [0.1, 0.15) is 0 Å². The molecule has 4 aromatic rings. The van der Waals surface area contributed by atoms with Gasteiger partial charge < -0.3 is 0 Å². The summed E-state index contributed by atoms with van der Waals surface area (Å²) in [5.41, 5.74) is 10.3. The van der Waals surface area contributed by atoms with Crippen LogP contribution in [0.5, 0.6) is 0 Å². The quantitative estimate of drug-likeness (QED) is 0.208. The number of hydrogen-bond acceptors (Lipinski definition) is 0. The van der Waals surface area contributed by atoms with Crippen LogP contribution in [-0.2, 0) is 17.4 Å². The SMILES string of the molecule is CC1=Cc2c(-c3cccc4ccccc34)cccc2[CH]1[Zr]([CH3])([CH3])(=[SiH2])[CH]1C=Cc2ccccc21.Cl.Cl. The van der Waals surface area contributed by atoms with Crippen LogP contribution in [0.1, 0.15) is 36.4 Å². The van der Waals surface area contributed by atoms with Crippen molar-refractivity contribution in [1.82, 2.24) is 0 Å². The van der Waals surface area contributed by atoms with E-state index in [0.29, 0.717) is 7.25 Å². The average Bonchev–Trinajstić information content (AvgIpc) is 3.40. The molecule has 0 amide bonds. The Balaban J connectivity index is 0.00000144. The van der Waals surface area contributed by atoms with E-state index in [1.807, 2.05) is 0 Å². The zero-order valence-electron chi connectivity index (χ0n) is 20.5. The summed E-state index contributed by atoms with van der Waals surface area (Å²) >= 11 is -3.32. The van der Waals surface area contributed by atoms with Crippen LogP contribution in [0.3, 0.4) is 0 Å². The first-order valence-corrected chi connectivity index (χ1v) is 25.6. The summed E-state index contributed by atoms with van der Waals surface area (Å²) in [6.45, 7) is 4.79. The van der Waals surface area contributed by atoms with E-state index < -0.39 is 17.4 Å². The molecule has 0 radical (unpaired) electrons. The van der Waals surface area contributed by atoms with Crippen LogP contribution in [-0.4, -0.2) is 6.88 Å². The first-order valence-electron chi connectivity index (χ1n) is 12.0. The van der Waals surface area contributed by atoms with Gasteiger partial charge in [-0.05, 0) is 0 Å². The first-order chi connectivity index (χ1) is 15.8. The second-order valence-electron chi connectivity index (χ2n) is 11.1. The molecular weight excluding hydrogens is 563 g/mol. The van der Waals surface area contributed by atoms with Crippen LogP contribution < -0.4 is 0 Å². The van der Waals surface area contributed by atoms with Gasteiger partial charge in [-0.2, -0.15) is 0 Å². The zero-order chi connectivity index (χ0) is 22.8. The van der Waals surface area contributed by atoms with Gasteiger partial charge in [0.25, 0.3) is 0 Å². The van der Waals surface area contributed by atoms with Gasteiger partial charge in [0, 0.05) is 0 Å². The second-order valence-corrected chi connectivity index (χ2v) is 41.6. The number of benzene rings is 4. The Hall–Kier alpha value is -1.70. The Kier molecular flexibility index (Phi) is 7.01. The summed E-state index contributed by atoms with van der Waals surface area (Å²) in [7, 11) is 0. The van der Waals surface area contributed by atoms with E-state index in [2.05, 4.69) is 126 Å². The van der Waals surface area contributed by atoms with Gasteiger partial charge in [-0.3, -0.25) is 0 Å². The predicted molar refractivity (Wildman–Crippen MR) is 159 cm³/mol. The molecule has 0 heterocycles. The van der Waals surface area contributed by atoms with Crippen molar-refractivity contribution in [3.63, 3.8) is 0 Å². The third-order valence-electron chi connectivity index (χ3n) is 8.13. The minimum atomic E-state index is -3.32. The smallest absolute Gasteiger partial charge is 0.147 e. The van der Waals surface area contributed by atoms with Gasteiger partial charge in [0.05, 0.1) is 0 Å². The topological polar surface area (TPSA) is 0 Å². The molecule has 0 fully saturated rings. The Labute approximate surface area is 223 Å². The van der Waals surface area contributed by atoms with Crippen molar-refractivity contribution in [2.45, 2.75) is 23.4 Å². The summed E-state index contributed by atoms with van der Waals surface area (Å²) in [6.07, 6.45) is 7.41. The maximum absolute atomic E-state index is 3.32. The molecule has 0 N–H and O–H groups in total. The average molecular weight is 595 g/mol. The summed E-state index contributed by atoms with van der Waals surface area (Å²) in [4.78, 5) is 0. The molecule has 0 bridgehead atoms. The number of fused-ring (bicyclic) bond motifs is 3. The Morgan fingerprint density at radius 2 is 1.34 bits per heavy atom. The van der Waals surface area contributed by atoms with Gasteiger partial charge in [0.15, 0.2) is 0 Å². The molecule has 2 atom stereocenters. The van der Waals surface area contributed by atoms with Crippen molar-refractivity contribution in [3.05, 3.63) is 119 Å². The molecule has 35 heavy (non-hydrogen) atoms. The summed E-state index contributed by atoms with van der Waals surface area (Å²) in [6, 6.07) is 31.6. The molecule has 0 aromatic heterocycles. The number of hydrogen-bond donors (Lipinski definition) is 0. The minimum absolute atomic E-state index is 0. The monoisotopic (exact) mass is 592 g/mol. The number of allylic oxidation sites excluding steroid dienone is 2. The Morgan fingerprint density at radius 3 is 2.17 bits per heavy atom. The van der Waals surface area contributed by atoms with E-state index in [9.17, 15) is 0 Å². The fourth-order valence-corrected chi connectivity index (χ4v) is 24.9. The van der Waals surface area contributed by atoms with Gasteiger partial charge in [-0.1, -0.05) is 0 Å². The van der Waals surface area contributed by atoms with Crippen molar-refractivity contribution in [2.75, 3.05) is 0 Å². The third kappa shape index (κ3) is 4.08. The molecule has 178 valence electrons. The molecule has 2 aliphatic rings. The summed E-state index contributed by atoms with van der Waals surface area (Å²) in [5, 5.41) is 2.65. The second kappa shape index (κ2) is 9.31. The van der Waals surface area contributed by atoms with Crippen molar-refractivity contribution in [2.24, 2.45) is 0 Å². The Bertz CT molecular complexity index is 1570. The van der Waals surface area contributed by atoms with Crippen molar-refractivity contribution in [3.8, 4) is 11.1 Å².